The number of hydrogen-bond donors (Lipinski definition) is 1. The normalized spacial score (nSPS) is 14.3. The van der Waals surface area contributed by atoms with Gasteiger partial charge in [-0.25, -0.2) is 4.39 Å². The van der Waals surface area contributed by atoms with Gasteiger partial charge in [-0.2, -0.15) is 0 Å². The summed E-state index contributed by atoms with van der Waals surface area (Å²) in [5.74, 6) is -0.203. The molecule has 0 amide bonds. The molecule has 2 N–H and O–H groups in total. The van der Waals surface area contributed by atoms with E-state index in [1.165, 1.54) is 6.07 Å². The van der Waals surface area contributed by atoms with E-state index >= 15 is 0 Å². The molecule has 2 aromatic rings. The molecule has 0 aliphatic rings. The summed E-state index contributed by atoms with van der Waals surface area (Å²) in [6.45, 7) is 3.68. The summed E-state index contributed by atoms with van der Waals surface area (Å²) in [7, 11) is 0. The summed E-state index contributed by atoms with van der Waals surface area (Å²) in [5.41, 5.74) is 8.28. The Morgan fingerprint density at radius 2 is 1.61 bits per heavy atom. The molecule has 0 bridgehead atoms. The summed E-state index contributed by atoms with van der Waals surface area (Å²) in [5, 5.41) is 0. The van der Waals surface area contributed by atoms with Gasteiger partial charge in [0.05, 0.1) is 5.54 Å². The predicted octanol–water partition coefficient (Wildman–Crippen LogP) is 4.12. The largest absolute Gasteiger partial charge is 0.318 e. The first kappa shape index (κ1) is 13.2. The van der Waals surface area contributed by atoms with Crippen molar-refractivity contribution in [3.05, 3.63) is 69.4 Å². The van der Waals surface area contributed by atoms with E-state index in [2.05, 4.69) is 15.9 Å². The minimum atomic E-state index is -0.626. The van der Waals surface area contributed by atoms with Crippen LogP contribution in [0.1, 0.15) is 23.6 Å². The number of halogens is 2. The van der Waals surface area contributed by atoms with E-state index < -0.39 is 5.54 Å². The van der Waals surface area contributed by atoms with Crippen molar-refractivity contribution in [2.75, 3.05) is 0 Å². The molecule has 0 heterocycles. The molecule has 0 saturated carbocycles. The highest BCUT2D eigenvalue weighted by Crippen LogP contribution is 2.28. The fraction of sp³-hybridized carbons (Fsp3) is 0.200. The van der Waals surface area contributed by atoms with Crippen molar-refractivity contribution in [2.24, 2.45) is 5.73 Å². The SMILES string of the molecule is Cc1cc(C(C)(N)c2ccc(Br)cc2)ccc1F. The van der Waals surface area contributed by atoms with Crippen molar-refractivity contribution < 1.29 is 4.39 Å². The van der Waals surface area contributed by atoms with Crippen molar-refractivity contribution in [3.63, 3.8) is 0 Å². The van der Waals surface area contributed by atoms with Crippen LogP contribution in [0.2, 0.25) is 0 Å². The first-order valence-electron chi connectivity index (χ1n) is 5.73. The molecule has 1 unspecified atom stereocenters. The average Bonchev–Trinajstić information content (AvgIpc) is 2.33. The molecule has 0 aliphatic heterocycles. The van der Waals surface area contributed by atoms with Crippen LogP contribution in [0.15, 0.2) is 46.9 Å². The van der Waals surface area contributed by atoms with Crippen LogP contribution in [0.4, 0.5) is 4.39 Å². The zero-order chi connectivity index (χ0) is 13.3. The van der Waals surface area contributed by atoms with Crippen LogP contribution >= 0.6 is 15.9 Å². The van der Waals surface area contributed by atoms with Gasteiger partial charge in [-0.1, -0.05) is 40.2 Å². The second-order valence-corrected chi connectivity index (χ2v) is 5.59. The average molecular weight is 308 g/mol. The number of hydrogen-bond acceptors (Lipinski definition) is 1. The number of benzene rings is 2. The molecule has 94 valence electrons. The van der Waals surface area contributed by atoms with E-state index in [9.17, 15) is 4.39 Å². The molecule has 2 aromatic carbocycles. The molecule has 0 saturated heterocycles. The zero-order valence-corrected chi connectivity index (χ0v) is 12.0. The lowest BCUT2D eigenvalue weighted by Gasteiger charge is -2.26. The van der Waals surface area contributed by atoms with Gasteiger partial charge in [0, 0.05) is 4.47 Å². The highest BCUT2D eigenvalue weighted by atomic mass is 79.9. The van der Waals surface area contributed by atoms with Gasteiger partial charge in [-0.15, -0.1) is 0 Å². The van der Waals surface area contributed by atoms with Crippen molar-refractivity contribution in [3.8, 4) is 0 Å². The second-order valence-electron chi connectivity index (χ2n) is 4.67. The third-order valence-electron chi connectivity index (χ3n) is 3.20. The Hall–Kier alpha value is -1.19. The Morgan fingerprint density at radius 3 is 2.17 bits per heavy atom. The van der Waals surface area contributed by atoms with Gasteiger partial charge in [-0.05, 0) is 48.7 Å². The van der Waals surface area contributed by atoms with E-state index in [1.54, 1.807) is 19.1 Å². The summed E-state index contributed by atoms with van der Waals surface area (Å²) >= 11 is 3.40. The van der Waals surface area contributed by atoms with Crippen molar-refractivity contribution in [1.82, 2.24) is 0 Å². The summed E-state index contributed by atoms with van der Waals surface area (Å²) in [6, 6.07) is 12.9. The highest BCUT2D eigenvalue weighted by molar-refractivity contribution is 9.10. The predicted molar refractivity (Wildman–Crippen MR) is 75.9 cm³/mol. The Morgan fingerprint density at radius 1 is 1.06 bits per heavy atom. The highest BCUT2D eigenvalue weighted by Gasteiger charge is 2.24. The standard InChI is InChI=1S/C15H15BrFN/c1-10-9-12(5-8-14(10)17)15(2,18)11-3-6-13(16)7-4-11/h3-9H,18H2,1-2H3. The van der Waals surface area contributed by atoms with Crippen molar-refractivity contribution >= 4 is 15.9 Å². The van der Waals surface area contributed by atoms with Gasteiger partial charge in [-0.3, -0.25) is 0 Å². The first-order valence-corrected chi connectivity index (χ1v) is 6.52. The van der Waals surface area contributed by atoms with Crippen molar-refractivity contribution in [2.45, 2.75) is 19.4 Å². The molecular weight excluding hydrogens is 293 g/mol. The topological polar surface area (TPSA) is 26.0 Å². The maximum absolute atomic E-state index is 13.3. The smallest absolute Gasteiger partial charge is 0.126 e. The molecule has 18 heavy (non-hydrogen) atoms. The van der Waals surface area contributed by atoms with Crippen LogP contribution < -0.4 is 5.73 Å². The maximum Gasteiger partial charge on any atom is 0.126 e. The van der Waals surface area contributed by atoms with Crippen LogP contribution in [0, 0.1) is 12.7 Å². The van der Waals surface area contributed by atoms with Gasteiger partial charge >= 0.3 is 0 Å². The Balaban J connectivity index is 2.46. The number of aryl methyl sites for hydroxylation is 1. The molecule has 0 radical (unpaired) electrons. The molecular formula is C15H15BrFN. The van der Waals surface area contributed by atoms with Gasteiger partial charge in [0.2, 0.25) is 0 Å². The van der Waals surface area contributed by atoms with Gasteiger partial charge in [0.25, 0.3) is 0 Å². The molecule has 0 spiro atoms. The maximum atomic E-state index is 13.3. The van der Waals surface area contributed by atoms with E-state index in [0.29, 0.717) is 5.56 Å². The van der Waals surface area contributed by atoms with Gasteiger partial charge in [0.1, 0.15) is 5.82 Å². The van der Waals surface area contributed by atoms with E-state index in [4.69, 9.17) is 5.73 Å². The summed E-state index contributed by atoms with van der Waals surface area (Å²) in [4.78, 5) is 0. The minimum absolute atomic E-state index is 0.203. The molecule has 0 fully saturated rings. The first-order chi connectivity index (χ1) is 8.41. The molecule has 1 atom stereocenters. The van der Waals surface area contributed by atoms with E-state index in [1.807, 2.05) is 31.2 Å². The Bertz CT molecular complexity index is 561. The molecule has 1 nitrogen and oxygen atoms in total. The van der Waals surface area contributed by atoms with Crippen LogP contribution in [0.5, 0.6) is 0 Å². The number of rotatable bonds is 2. The third-order valence-corrected chi connectivity index (χ3v) is 3.73. The Kier molecular flexibility index (Phi) is 3.55. The summed E-state index contributed by atoms with van der Waals surface area (Å²) in [6.07, 6.45) is 0. The number of nitrogens with two attached hydrogens (primary N) is 1. The second kappa shape index (κ2) is 4.82. The van der Waals surface area contributed by atoms with Gasteiger partial charge < -0.3 is 5.73 Å². The van der Waals surface area contributed by atoms with E-state index in [-0.39, 0.29) is 5.82 Å². The fourth-order valence-electron chi connectivity index (χ4n) is 1.93. The van der Waals surface area contributed by atoms with Crippen LogP contribution in [0.25, 0.3) is 0 Å². The third kappa shape index (κ3) is 2.47. The monoisotopic (exact) mass is 307 g/mol. The summed E-state index contributed by atoms with van der Waals surface area (Å²) < 4.78 is 14.3. The minimum Gasteiger partial charge on any atom is -0.318 e. The lowest BCUT2D eigenvalue weighted by Crippen LogP contribution is -2.34. The van der Waals surface area contributed by atoms with Crippen LogP contribution in [0.3, 0.4) is 0 Å². The van der Waals surface area contributed by atoms with E-state index in [0.717, 1.165) is 15.6 Å². The van der Waals surface area contributed by atoms with Gasteiger partial charge in [0.15, 0.2) is 0 Å². The molecule has 0 aliphatic carbocycles. The molecule has 2 rings (SSSR count). The quantitative estimate of drug-likeness (QED) is 0.887. The Labute approximate surface area is 115 Å². The lowest BCUT2D eigenvalue weighted by molar-refractivity contribution is 0.588. The molecule has 0 aromatic heterocycles. The zero-order valence-electron chi connectivity index (χ0n) is 10.4. The lowest BCUT2D eigenvalue weighted by atomic mass is 9.85. The van der Waals surface area contributed by atoms with Crippen LogP contribution in [-0.2, 0) is 5.54 Å². The fourth-order valence-corrected chi connectivity index (χ4v) is 2.19. The molecule has 3 heteroatoms. The van der Waals surface area contributed by atoms with Crippen LogP contribution in [-0.4, -0.2) is 0 Å². The van der Waals surface area contributed by atoms with Crippen molar-refractivity contribution in [1.29, 1.82) is 0 Å².